The van der Waals surface area contributed by atoms with Gasteiger partial charge in [-0.1, -0.05) is 43.2 Å². The molecule has 1 aliphatic rings. The molecule has 0 radical (unpaired) electrons. The molecule has 188 valence electrons. The highest BCUT2D eigenvalue weighted by Gasteiger charge is 2.25. The third-order valence-corrected chi connectivity index (χ3v) is 8.48. The van der Waals surface area contributed by atoms with Crippen LogP contribution in [0, 0.1) is 0 Å². The van der Waals surface area contributed by atoms with Gasteiger partial charge in [-0.25, -0.2) is 12.7 Å². The second-order valence-corrected chi connectivity index (χ2v) is 11.3. The summed E-state index contributed by atoms with van der Waals surface area (Å²) < 4.78 is 38.1. The molecule has 4 rings (SSSR count). The van der Waals surface area contributed by atoms with E-state index in [2.05, 4.69) is 46.3 Å². The van der Waals surface area contributed by atoms with Crippen molar-refractivity contribution in [2.75, 3.05) is 34.9 Å². The van der Waals surface area contributed by atoms with Gasteiger partial charge in [0.15, 0.2) is 11.5 Å². The van der Waals surface area contributed by atoms with Gasteiger partial charge in [-0.3, -0.25) is 4.90 Å². The van der Waals surface area contributed by atoms with Crippen molar-refractivity contribution in [3.05, 3.63) is 65.9 Å². The first-order chi connectivity index (χ1) is 16.8. The fraction of sp³-hybridized carbons (Fsp3) is 0.407. The van der Waals surface area contributed by atoms with Crippen molar-refractivity contribution in [2.45, 2.75) is 43.2 Å². The van der Waals surface area contributed by atoms with E-state index in [9.17, 15) is 8.42 Å². The van der Waals surface area contributed by atoms with E-state index >= 15 is 0 Å². The number of methoxy groups -OCH3 is 2. The standard InChI is InChI=1S/C27H35N3O4S/c1-29(2)35(31,32)22-17-23(27(34-4)26(18-22)33-3)24-15-14-21(28-24)19-30-16-10-6-9-13-25(30)20-11-7-5-8-12-20/h5,7-8,11-12,14-15,17-18,25,28H,6,9-10,13,16,19H2,1-4H3/t25-/m1/s1. The molecule has 0 spiro atoms. The molecular weight excluding hydrogens is 462 g/mol. The topological polar surface area (TPSA) is 74.9 Å². The van der Waals surface area contributed by atoms with E-state index in [0.717, 1.165) is 30.9 Å². The highest BCUT2D eigenvalue weighted by molar-refractivity contribution is 7.89. The smallest absolute Gasteiger partial charge is 0.242 e. The third-order valence-electron chi connectivity index (χ3n) is 6.69. The molecular formula is C27H35N3O4S. The number of benzene rings is 2. The van der Waals surface area contributed by atoms with Crippen LogP contribution in [0.5, 0.6) is 11.5 Å². The highest BCUT2D eigenvalue weighted by atomic mass is 32.2. The Hall–Kier alpha value is -2.81. The maximum Gasteiger partial charge on any atom is 0.242 e. The summed E-state index contributed by atoms with van der Waals surface area (Å²) in [7, 11) is 2.46. The van der Waals surface area contributed by atoms with Gasteiger partial charge in [0, 0.05) is 49.7 Å². The lowest BCUT2D eigenvalue weighted by molar-refractivity contribution is 0.190. The Kier molecular flexibility index (Phi) is 7.84. The maximum absolute atomic E-state index is 12.9. The number of hydrogen-bond donors (Lipinski definition) is 1. The van der Waals surface area contributed by atoms with Crippen LogP contribution in [-0.2, 0) is 16.6 Å². The number of ether oxygens (including phenoxy) is 2. The number of aromatic amines is 1. The van der Waals surface area contributed by atoms with E-state index in [4.69, 9.17) is 9.47 Å². The van der Waals surface area contributed by atoms with E-state index in [1.165, 1.54) is 56.4 Å². The van der Waals surface area contributed by atoms with Crippen molar-refractivity contribution in [1.82, 2.24) is 14.2 Å². The van der Waals surface area contributed by atoms with Crippen molar-refractivity contribution in [2.24, 2.45) is 0 Å². The Morgan fingerprint density at radius 3 is 2.46 bits per heavy atom. The molecule has 1 fully saturated rings. The minimum absolute atomic E-state index is 0.156. The van der Waals surface area contributed by atoms with Crippen LogP contribution in [0.25, 0.3) is 11.3 Å². The van der Waals surface area contributed by atoms with E-state index in [1.54, 1.807) is 13.2 Å². The van der Waals surface area contributed by atoms with Crippen LogP contribution in [0.3, 0.4) is 0 Å². The predicted molar refractivity (Wildman–Crippen MR) is 138 cm³/mol. The van der Waals surface area contributed by atoms with Crippen molar-refractivity contribution < 1.29 is 17.9 Å². The van der Waals surface area contributed by atoms with Crippen LogP contribution in [0.15, 0.2) is 59.5 Å². The van der Waals surface area contributed by atoms with Gasteiger partial charge in [0.2, 0.25) is 10.0 Å². The zero-order chi connectivity index (χ0) is 25.0. The van der Waals surface area contributed by atoms with Crippen LogP contribution in [-0.4, -0.2) is 57.5 Å². The van der Waals surface area contributed by atoms with Gasteiger partial charge >= 0.3 is 0 Å². The van der Waals surface area contributed by atoms with Crippen LogP contribution >= 0.6 is 0 Å². The lowest BCUT2D eigenvalue weighted by Crippen LogP contribution is -2.28. The molecule has 8 heteroatoms. The van der Waals surface area contributed by atoms with E-state index in [-0.39, 0.29) is 4.90 Å². The molecule has 1 aliphatic heterocycles. The molecule has 1 N–H and O–H groups in total. The molecule has 7 nitrogen and oxygen atoms in total. The summed E-state index contributed by atoms with van der Waals surface area (Å²) >= 11 is 0. The van der Waals surface area contributed by atoms with Crippen LogP contribution < -0.4 is 9.47 Å². The number of likely N-dealkylation sites (tertiary alicyclic amines) is 1. The average Bonchev–Trinajstić information content (AvgIpc) is 3.21. The minimum atomic E-state index is -3.65. The molecule has 0 bridgehead atoms. The molecule has 1 aromatic heterocycles. The van der Waals surface area contributed by atoms with Gasteiger partial charge in [0.1, 0.15) is 0 Å². The molecule has 0 amide bonds. The molecule has 0 aliphatic carbocycles. The van der Waals surface area contributed by atoms with E-state index in [0.29, 0.717) is 23.1 Å². The van der Waals surface area contributed by atoms with Crippen LogP contribution in [0.1, 0.15) is 43.0 Å². The first-order valence-electron chi connectivity index (χ1n) is 12.0. The lowest BCUT2D eigenvalue weighted by Gasteiger charge is -2.30. The molecule has 2 heterocycles. The summed E-state index contributed by atoms with van der Waals surface area (Å²) in [6, 6.07) is 18.3. The van der Waals surface area contributed by atoms with Crippen molar-refractivity contribution in [3.63, 3.8) is 0 Å². The van der Waals surface area contributed by atoms with Gasteiger partial charge in [-0.2, -0.15) is 0 Å². The first-order valence-corrected chi connectivity index (χ1v) is 13.4. The van der Waals surface area contributed by atoms with Gasteiger partial charge in [-0.15, -0.1) is 0 Å². The average molecular weight is 498 g/mol. The van der Waals surface area contributed by atoms with Crippen LogP contribution in [0.4, 0.5) is 0 Å². The quantitative estimate of drug-likeness (QED) is 0.471. The largest absolute Gasteiger partial charge is 0.493 e. The van der Waals surface area contributed by atoms with Gasteiger partial charge in [-0.05, 0) is 43.1 Å². The molecule has 1 atom stereocenters. The minimum Gasteiger partial charge on any atom is -0.493 e. The number of rotatable bonds is 8. The Balaban J connectivity index is 1.68. The van der Waals surface area contributed by atoms with Gasteiger partial charge in [0.25, 0.3) is 0 Å². The summed E-state index contributed by atoms with van der Waals surface area (Å²) in [4.78, 5) is 6.22. The van der Waals surface area contributed by atoms with Gasteiger partial charge < -0.3 is 14.5 Å². The van der Waals surface area contributed by atoms with Crippen molar-refractivity contribution in [3.8, 4) is 22.8 Å². The molecule has 3 aromatic rings. The third kappa shape index (κ3) is 5.39. The Labute approximate surface area is 208 Å². The number of aromatic nitrogens is 1. The summed E-state index contributed by atoms with van der Waals surface area (Å²) in [6.45, 7) is 1.83. The number of sulfonamides is 1. The Morgan fingerprint density at radius 2 is 1.77 bits per heavy atom. The SMILES string of the molecule is COc1cc(S(=O)(=O)N(C)C)cc(-c2ccc(CN3CCCCC[C@@H]3c3ccccc3)[nH]2)c1OC. The molecule has 1 saturated heterocycles. The second kappa shape index (κ2) is 10.8. The summed E-state index contributed by atoms with van der Waals surface area (Å²) in [5, 5.41) is 0. The summed E-state index contributed by atoms with van der Waals surface area (Å²) in [5.41, 5.74) is 3.87. The molecule has 0 saturated carbocycles. The van der Waals surface area contributed by atoms with Crippen molar-refractivity contribution >= 4 is 10.0 Å². The lowest BCUT2D eigenvalue weighted by atomic mass is 10.0. The zero-order valence-corrected chi connectivity index (χ0v) is 21.8. The fourth-order valence-electron chi connectivity index (χ4n) is 4.82. The molecule has 2 aromatic carbocycles. The Bertz CT molecular complexity index is 1240. The number of hydrogen-bond acceptors (Lipinski definition) is 5. The number of nitrogens with one attached hydrogen (secondary N) is 1. The summed E-state index contributed by atoms with van der Waals surface area (Å²) in [6.07, 6.45) is 4.81. The normalized spacial score (nSPS) is 17.3. The molecule has 0 unspecified atom stereocenters. The number of nitrogens with zero attached hydrogens (tertiary/aromatic N) is 2. The maximum atomic E-state index is 12.9. The van der Waals surface area contributed by atoms with Crippen molar-refractivity contribution in [1.29, 1.82) is 0 Å². The van der Waals surface area contributed by atoms with Gasteiger partial charge in [0.05, 0.1) is 19.1 Å². The fourth-order valence-corrected chi connectivity index (χ4v) is 5.76. The second-order valence-electron chi connectivity index (χ2n) is 9.14. The Morgan fingerprint density at radius 1 is 1.00 bits per heavy atom. The number of H-pyrrole nitrogens is 1. The first kappa shape index (κ1) is 25.3. The van der Waals surface area contributed by atoms with E-state index < -0.39 is 10.0 Å². The predicted octanol–water partition coefficient (Wildman–Crippen LogP) is 5.07. The molecule has 35 heavy (non-hydrogen) atoms. The summed E-state index contributed by atoms with van der Waals surface area (Å²) in [5.74, 6) is 0.869. The zero-order valence-electron chi connectivity index (χ0n) is 21.0. The highest BCUT2D eigenvalue weighted by Crippen LogP contribution is 2.41. The van der Waals surface area contributed by atoms with Crippen LogP contribution in [0.2, 0.25) is 0 Å². The monoisotopic (exact) mass is 497 g/mol. The van der Waals surface area contributed by atoms with E-state index in [1.807, 2.05) is 6.07 Å².